The van der Waals surface area contributed by atoms with Crippen LogP contribution in [0.2, 0.25) is 0 Å². The Morgan fingerprint density at radius 1 is 1.45 bits per heavy atom. The van der Waals surface area contributed by atoms with Gasteiger partial charge in [0.2, 0.25) is 11.8 Å². The molecule has 0 spiro atoms. The Morgan fingerprint density at radius 2 is 2.15 bits per heavy atom. The number of anilines is 1. The van der Waals surface area contributed by atoms with Gasteiger partial charge in [0.05, 0.1) is 11.8 Å². The third kappa shape index (κ3) is 2.96. The number of fused-ring (bicyclic) bond motifs is 1. The van der Waals surface area contributed by atoms with Crippen LogP contribution in [0.3, 0.4) is 0 Å². The number of amides is 2. The van der Waals surface area contributed by atoms with E-state index in [0.717, 1.165) is 5.56 Å². The topological polar surface area (TPSA) is 95.5 Å². The van der Waals surface area contributed by atoms with Crippen LogP contribution in [0.1, 0.15) is 24.8 Å². The van der Waals surface area contributed by atoms with Crippen LogP contribution in [0.15, 0.2) is 24.3 Å². The van der Waals surface area contributed by atoms with Gasteiger partial charge in [-0.05, 0) is 11.6 Å². The van der Waals surface area contributed by atoms with Crippen LogP contribution < -0.4 is 10.6 Å². The maximum atomic E-state index is 12.1. The van der Waals surface area contributed by atoms with Gasteiger partial charge in [-0.15, -0.1) is 0 Å². The van der Waals surface area contributed by atoms with E-state index >= 15 is 0 Å². The zero-order valence-electron chi connectivity index (χ0n) is 11.1. The summed E-state index contributed by atoms with van der Waals surface area (Å²) >= 11 is 0. The number of carboxylic acid groups (broad SMARTS) is 1. The number of nitrogens with one attached hydrogen (secondary N) is 2. The average molecular weight is 276 g/mol. The summed E-state index contributed by atoms with van der Waals surface area (Å²) < 4.78 is 0. The van der Waals surface area contributed by atoms with E-state index in [1.807, 2.05) is 0 Å². The van der Waals surface area contributed by atoms with Crippen LogP contribution in [-0.4, -0.2) is 29.4 Å². The third-order valence-electron chi connectivity index (χ3n) is 3.32. The fraction of sp³-hybridized carbons (Fsp3) is 0.357. The normalized spacial score (nSPS) is 18.6. The number of carbonyl (C=O) groups excluding carboxylic acids is 2. The smallest absolute Gasteiger partial charge is 0.308 e. The van der Waals surface area contributed by atoms with Gasteiger partial charge in [0.25, 0.3) is 0 Å². The fourth-order valence-corrected chi connectivity index (χ4v) is 2.11. The summed E-state index contributed by atoms with van der Waals surface area (Å²) in [7, 11) is 0. The molecule has 1 aliphatic heterocycles. The lowest BCUT2D eigenvalue weighted by molar-refractivity contribution is -0.141. The van der Waals surface area contributed by atoms with Crippen molar-refractivity contribution in [3.05, 3.63) is 29.8 Å². The van der Waals surface area contributed by atoms with Gasteiger partial charge in [0.1, 0.15) is 0 Å². The zero-order valence-corrected chi connectivity index (χ0v) is 11.1. The number of carbonyl (C=O) groups is 3. The number of carboxylic acids is 1. The van der Waals surface area contributed by atoms with E-state index in [0.29, 0.717) is 5.69 Å². The molecule has 0 saturated carbocycles. The van der Waals surface area contributed by atoms with Gasteiger partial charge in [0.15, 0.2) is 0 Å². The van der Waals surface area contributed by atoms with Gasteiger partial charge in [0, 0.05) is 18.7 Å². The minimum atomic E-state index is -0.966. The molecule has 2 rings (SSSR count). The highest BCUT2D eigenvalue weighted by Gasteiger charge is 2.30. The van der Waals surface area contributed by atoms with Crippen LogP contribution >= 0.6 is 0 Å². The summed E-state index contributed by atoms with van der Waals surface area (Å²) in [4.78, 5) is 34.5. The van der Waals surface area contributed by atoms with Crippen molar-refractivity contribution in [3.8, 4) is 0 Å². The second-order valence-electron chi connectivity index (χ2n) is 4.88. The van der Waals surface area contributed by atoms with Crippen molar-refractivity contribution >= 4 is 23.5 Å². The molecule has 1 heterocycles. The first-order chi connectivity index (χ1) is 9.49. The van der Waals surface area contributed by atoms with E-state index in [1.165, 1.54) is 6.92 Å². The largest absolute Gasteiger partial charge is 0.481 e. The van der Waals surface area contributed by atoms with Crippen molar-refractivity contribution in [2.24, 2.45) is 5.92 Å². The average Bonchev–Trinajstić information content (AvgIpc) is 2.43. The van der Waals surface area contributed by atoms with Gasteiger partial charge in [-0.2, -0.15) is 0 Å². The highest BCUT2D eigenvalue weighted by atomic mass is 16.4. The second-order valence-corrected chi connectivity index (χ2v) is 4.88. The van der Waals surface area contributed by atoms with Crippen molar-refractivity contribution in [1.29, 1.82) is 0 Å². The molecular weight excluding hydrogens is 260 g/mol. The fourth-order valence-electron chi connectivity index (χ4n) is 2.11. The lowest BCUT2D eigenvalue weighted by Crippen LogP contribution is -2.38. The van der Waals surface area contributed by atoms with Gasteiger partial charge in [-0.1, -0.05) is 25.1 Å². The Balaban J connectivity index is 2.10. The molecule has 6 heteroatoms. The molecule has 20 heavy (non-hydrogen) atoms. The Kier molecular flexibility index (Phi) is 4.02. The van der Waals surface area contributed by atoms with Crippen LogP contribution in [0, 0.1) is 5.92 Å². The van der Waals surface area contributed by atoms with Crippen LogP contribution in [0.25, 0.3) is 0 Å². The lowest BCUT2D eigenvalue weighted by atomic mass is 9.89. The number of para-hydroxylation sites is 1. The van der Waals surface area contributed by atoms with Crippen molar-refractivity contribution in [2.75, 3.05) is 11.9 Å². The molecule has 1 aliphatic rings. The second kappa shape index (κ2) is 5.73. The molecule has 0 saturated heterocycles. The van der Waals surface area contributed by atoms with Crippen LogP contribution in [0.5, 0.6) is 0 Å². The van der Waals surface area contributed by atoms with Crippen molar-refractivity contribution in [2.45, 2.75) is 19.3 Å². The maximum Gasteiger partial charge on any atom is 0.308 e. The number of aliphatic carboxylic acids is 1. The lowest BCUT2D eigenvalue weighted by Gasteiger charge is -2.25. The Bertz CT molecular complexity index is 556. The molecular formula is C14H16N2O4. The SMILES string of the molecule is CC(CNC(=O)C1CC(=O)Nc2ccccc21)C(=O)O. The number of rotatable bonds is 4. The zero-order chi connectivity index (χ0) is 14.7. The molecule has 2 atom stereocenters. The minimum absolute atomic E-state index is 0.0501. The minimum Gasteiger partial charge on any atom is -0.481 e. The monoisotopic (exact) mass is 276 g/mol. The summed E-state index contributed by atoms with van der Waals surface area (Å²) in [5.41, 5.74) is 1.39. The van der Waals surface area contributed by atoms with Crippen molar-refractivity contribution in [1.82, 2.24) is 5.32 Å². The number of hydrogen-bond acceptors (Lipinski definition) is 3. The van der Waals surface area contributed by atoms with E-state index in [9.17, 15) is 14.4 Å². The van der Waals surface area contributed by atoms with Gasteiger partial charge in [-0.3, -0.25) is 14.4 Å². The molecule has 0 aliphatic carbocycles. The first-order valence-corrected chi connectivity index (χ1v) is 6.38. The molecule has 0 aromatic heterocycles. The van der Waals surface area contributed by atoms with Crippen molar-refractivity contribution < 1.29 is 19.5 Å². The van der Waals surface area contributed by atoms with Crippen molar-refractivity contribution in [3.63, 3.8) is 0 Å². The Hall–Kier alpha value is -2.37. The molecule has 6 nitrogen and oxygen atoms in total. The van der Waals surface area contributed by atoms with E-state index in [-0.39, 0.29) is 24.8 Å². The predicted molar refractivity (Wildman–Crippen MR) is 72.2 cm³/mol. The molecule has 0 fully saturated rings. The van der Waals surface area contributed by atoms with Crippen LogP contribution in [0.4, 0.5) is 5.69 Å². The molecule has 1 aromatic rings. The highest BCUT2D eigenvalue weighted by molar-refractivity contribution is 6.01. The van der Waals surface area contributed by atoms with Gasteiger partial charge >= 0.3 is 5.97 Å². The van der Waals surface area contributed by atoms with E-state index in [2.05, 4.69) is 10.6 Å². The standard InChI is InChI=1S/C14H16N2O4/c1-8(14(19)20)7-15-13(18)10-6-12(17)16-11-5-3-2-4-9(10)11/h2-5,8,10H,6-7H2,1H3,(H,15,18)(H,16,17)(H,19,20). The van der Waals surface area contributed by atoms with E-state index in [4.69, 9.17) is 5.11 Å². The molecule has 106 valence electrons. The molecule has 2 unspecified atom stereocenters. The molecule has 2 amide bonds. The quantitative estimate of drug-likeness (QED) is 0.763. The molecule has 3 N–H and O–H groups in total. The van der Waals surface area contributed by atoms with E-state index in [1.54, 1.807) is 24.3 Å². The summed E-state index contributed by atoms with van der Waals surface area (Å²) in [5, 5.41) is 14.1. The maximum absolute atomic E-state index is 12.1. The van der Waals surface area contributed by atoms with Crippen LogP contribution in [-0.2, 0) is 14.4 Å². The first-order valence-electron chi connectivity index (χ1n) is 6.38. The number of benzene rings is 1. The molecule has 0 bridgehead atoms. The predicted octanol–water partition coefficient (Wildman–Crippen LogP) is 0.949. The summed E-state index contributed by atoms with van der Waals surface area (Å²) in [6, 6.07) is 7.12. The third-order valence-corrected chi connectivity index (χ3v) is 3.32. The molecule has 0 radical (unpaired) electrons. The van der Waals surface area contributed by atoms with E-state index < -0.39 is 17.8 Å². The Morgan fingerprint density at radius 3 is 2.85 bits per heavy atom. The van der Waals surface area contributed by atoms with Gasteiger partial charge < -0.3 is 15.7 Å². The summed E-state index contributed by atoms with van der Waals surface area (Å²) in [6.07, 6.45) is 0.0737. The number of hydrogen-bond donors (Lipinski definition) is 3. The first kappa shape index (κ1) is 14.0. The molecule has 1 aromatic carbocycles. The summed E-state index contributed by atoms with van der Waals surface area (Å²) in [5.74, 6) is -2.73. The van der Waals surface area contributed by atoms with Gasteiger partial charge in [-0.25, -0.2) is 0 Å². The highest BCUT2D eigenvalue weighted by Crippen LogP contribution is 2.31. The Labute approximate surface area is 116 Å². The summed E-state index contributed by atoms with van der Waals surface area (Å²) in [6.45, 7) is 1.57.